The molecule has 1 saturated heterocycles. The van der Waals surface area contributed by atoms with Crippen LogP contribution in [-0.4, -0.2) is 29.9 Å². The van der Waals surface area contributed by atoms with E-state index in [4.69, 9.17) is 4.84 Å². The molecule has 1 aromatic rings. The Morgan fingerprint density at radius 3 is 2.71 bits per heavy atom. The largest absolute Gasteiger partial charge is 0.385 e. The predicted octanol–water partition coefficient (Wildman–Crippen LogP) is 2.17. The van der Waals surface area contributed by atoms with Crippen LogP contribution in [0.1, 0.15) is 25.8 Å². The number of benzene rings is 1. The number of hydroxylamine groups is 2. The second-order valence-electron chi connectivity index (χ2n) is 4.75. The van der Waals surface area contributed by atoms with Crippen molar-refractivity contribution in [3.05, 3.63) is 35.9 Å². The summed E-state index contributed by atoms with van der Waals surface area (Å²) in [5.41, 5.74) is 0.304. The molecule has 1 aromatic carbocycles. The topological polar surface area (TPSA) is 32.7 Å². The summed E-state index contributed by atoms with van der Waals surface area (Å²) in [6, 6.07) is 9.95. The van der Waals surface area contributed by atoms with Crippen molar-refractivity contribution in [2.45, 2.75) is 25.9 Å². The molecule has 1 heterocycles. The molecule has 0 unspecified atom stereocenters. The summed E-state index contributed by atoms with van der Waals surface area (Å²) in [7, 11) is 0. The fourth-order valence-electron chi connectivity index (χ4n) is 2.54. The molecule has 1 aliphatic rings. The van der Waals surface area contributed by atoms with Gasteiger partial charge in [-0.2, -0.15) is 5.06 Å². The number of rotatable bonds is 3. The molecule has 0 aliphatic carbocycles. The van der Waals surface area contributed by atoms with E-state index < -0.39 is 5.60 Å². The minimum Gasteiger partial charge on any atom is -0.385 e. The van der Waals surface area contributed by atoms with E-state index in [1.807, 2.05) is 42.3 Å². The molecule has 2 rings (SSSR count). The van der Waals surface area contributed by atoms with E-state index in [-0.39, 0.29) is 5.92 Å². The van der Waals surface area contributed by atoms with Gasteiger partial charge in [0.1, 0.15) is 0 Å². The first-order valence-electron chi connectivity index (χ1n) is 6.32. The molecule has 0 bridgehead atoms. The zero-order valence-electron chi connectivity index (χ0n) is 10.6. The highest BCUT2D eigenvalue weighted by Gasteiger charge is 2.40. The fourth-order valence-corrected chi connectivity index (χ4v) is 2.54. The molecule has 2 atom stereocenters. The van der Waals surface area contributed by atoms with Crippen LogP contribution < -0.4 is 0 Å². The summed E-state index contributed by atoms with van der Waals surface area (Å²) < 4.78 is 0. The van der Waals surface area contributed by atoms with Gasteiger partial charge in [-0.25, -0.2) is 0 Å². The van der Waals surface area contributed by atoms with Gasteiger partial charge in [0.05, 0.1) is 12.2 Å². The first kappa shape index (κ1) is 12.6. The van der Waals surface area contributed by atoms with Crippen molar-refractivity contribution in [3.8, 4) is 0 Å². The maximum Gasteiger partial charge on any atom is 0.0948 e. The summed E-state index contributed by atoms with van der Waals surface area (Å²) in [6.45, 7) is 6.32. The van der Waals surface area contributed by atoms with Crippen molar-refractivity contribution in [2.24, 2.45) is 5.92 Å². The number of piperidine rings is 1. The Bertz CT molecular complexity index is 354. The third-order valence-corrected chi connectivity index (χ3v) is 3.62. The van der Waals surface area contributed by atoms with Gasteiger partial charge in [-0.15, -0.1) is 0 Å². The van der Waals surface area contributed by atoms with E-state index in [1.54, 1.807) is 0 Å². The molecule has 1 N–H and O–H groups in total. The van der Waals surface area contributed by atoms with Crippen molar-refractivity contribution in [2.75, 3.05) is 19.7 Å². The van der Waals surface area contributed by atoms with Gasteiger partial charge < -0.3 is 5.11 Å². The molecular formula is C14H21NO2. The Morgan fingerprint density at radius 1 is 1.41 bits per heavy atom. The average Bonchev–Trinajstić information content (AvgIpc) is 2.35. The van der Waals surface area contributed by atoms with Crippen molar-refractivity contribution < 1.29 is 9.94 Å². The Labute approximate surface area is 103 Å². The summed E-state index contributed by atoms with van der Waals surface area (Å²) in [5, 5.41) is 12.8. The highest BCUT2D eigenvalue weighted by atomic mass is 16.7. The predicted molar refractivity (Wildman–Crippen MR) is 67.3 cm³/mol. The lowest BCUT2D eigenvalue weighted by atomic mass is 9.77. The highest BCUT2D eigenvalue weighted by molar-refractivity contribution is 5.23. The average molecular weight is 235 g/mol. The molecule has 0 radical (unpaired) electrons. The molecule has 3 heteroatoms. The van der Waals surface area contributed by atoms with Gasteiger partial charge in [0, 0.05) is 19.0 Å². The molecule has 1 aliphatic heterocycles. The molecule has 0 amide bonds. The lowest BCUT2D eigenvalue weighted by Crippen LogP contribution is -2.48. The molecular weight excluding hydrogens is 214 g/mol. The SMILES string of the molecule is CCON1CC[C@@](O)(c2ccccc2)[C@@H](C)C1. The lowest BCUT2D eigenvalue weighted by molar-refractivity contribution is -0.210. The van der Waals surface area contributed by atoms with E-state index in [0.717, 1.165) is 25.1 Å². The number of aliphatic hydroxyl groups is 1. The van der Waals surface area contributed by atoms with Crippen molar-refractivity contribution in [3.63, 3.8) is 0 Å². The van der Waals surface area contributed by atoms with Crippen LogP contribution in [0.2, 0.25) is 0 Å². The monoisotopic (exact) mass is 235 g/mol. The van der Waals surface area contributed by atoms with Gasteiger partial charge in [-0.05, 0) is 18.9 Å². The van der Waals surface area contributed by atoms with E-state index in [9.17, 15) is 5.11 Å². The lowest BCUT2D eigenvalue weighted by Gasteiger charge is -2.42. The number of hydrogen-bond donors (Lipinski definition) is 1. The smallest absolute Gasteiger partial charge is 0.0948 e. The Morgan fingerprint density at radius 2 is 2.12 bits per heavy atom. The van der Waals surface area contributed by atoms with Crippen LogP contribution in [0.25, 0.3) is 0 Å². The normalized spacial score (nSPS) is 30.4. The second kappa shape index (κ2) is 5.17. The first-order valence-corrected chi connectivity index (χ1v) is 6.32. The summed E-state index contributed by atoms with van der Waals surface area (Å²) >= 11 is 0. The van der Waals surface area contributed by atoms with E-state index >= 15 is 0 Å². The van der Waals surface area contributed by atoms with Crippen LogP contribution in [-0.2, 0) is 10.4 Å². The van der Waals surface area contributed by atoms with Gasteiger partial charge in [0.2, 0.25) is 0 Å². The van der Waals surface area contributed by atoms with Crippen LogP contribution in [0.4, 0.5) is 0 Å². The number of hydrogen-bond acceptors (Lipinski definition) is 3. The van der Waals surface area contributed by atoms with Crippen molar-refractivity contribution in [1.29, 1.82) is 0 Å². The number of nitrogens with zero attached hydrogens (tertiary/aromatic N) is 1. The van der Waals surface area contributed by atoms with Gasteiger partial charge in [-0.1, -0.05) is 37.3 Å². The summed E-state index contributed by atoms with van der Waals surface area (Å²) in [5.74, 6) is 0.171. The molecule has 17 heavy (non-hydrogen) atoms. The maximum absolute atomic E-state index is 10.8. The Hall–Kier alpha value is -0.900. The van der Waals surface area contributed by atoms with E-state index in [2.05, 4.69) is 6.92 Å². The molecule has 0 spiro atoms. The standard InChI is InChI=1S/C14H21NO2/c1-3-17-15-10-9-14(16,12(2)11-15)13-7-5-4-6-8-13/h4-8,12,16H,3,9-11H2,1-2H3/t12-,14-/m0/s1. The summed E-state index contributed by atoms with van der Waals surface area (Å²) in [4.78, 5) is 5.50. The van der Waals surface area contributed by atoms with Gasteiger partial charge >= 0.3 is 0 Å². The van der Waals surface area contributed by atoms with E-state index in [1.165, 1.54) is 0 Å². The van der Waals surface area contributed by atoms with Crippen LogP contribution in [0.3, 0.4) is 0 Å². The van der Waals surface area contributed by atoms with E-state index in [0.29, 0.717) is 6.61 Å². The van der Waals surface area contributed by atoms with Crippen molar-refractivity contribution >= 4 is 0 Å². The van der Waals surface area contributed by atoms with Crippen molar-refractivity contribution in [1.82, 2.24) is 5.06 Å². The zero-order chi connectivity index (χ0) is 12.3. The Kier molecular flexibility index (Phi) is 3.82. The van der Waals surface area contributed by atoms with Gasteiger partial charge in [0.15, 0.2) is 0 Å². The minimum atomic E-state index is -0.713. The third kappa shape index (κ3) is 2.51. The quantitative estimate of drug-likeness (QED) is 0.871. The van der Waals surface area contributed by atoms with Crippen LogP contribution in [0, 0.1) is 5.92 Å². The maximum atomic E-state index is 10.8. The fraction of sp³-hybridized carbons (Fsp3) is 0.571. The summed E-state index contributed by atoms with van der Waals surface area (Å²) in [6.07, 6.45) is 0.720. The Balaban J connectivity index is 2.12. The molecule has 0 saturated carbocycles. The molecule has 3 nitrogen and oxygen atoms in total. The second-order valence-corrected chi connectivity index (χ2v) is 4.75. The third-order valence-electron chi connectivity index (χ3n) is 3.62. The first-order chi connectivity index (χ1) is 8.16. The molecule has 94 valence electrons. The zero-order valence-corrected chi connectivity index (χ0v) is 10.6. The molecule has 1 fully saturated rings. The highest BCUT2D eigenvalue weighted by Crippen LogP contribution is 2.37. The van der Waals surface area contributed by atoms with Gasteiger partial charge in [-0.3, -0.25) is 4.84 Å². The van der Waals surface area contributed by atoms with Gasteiger partial charge in [0.25, 0.3) is 0 Å². The molecule has 0 aromatic heterocycles. The van der Waals surface area contributed by atoms with Crippen LogP contribution in [0.15, 0.2) is 30.3 Å². The van der Waals surface area contributed by atoms with Crippen LogP contribution >= 0.6 is 0 Å². The minimum absolute atomic E-state index is 0.171. The van der Waals surface area contributed by atoms with Crippen LogP contribution in [0.5, 0.6) is 0 Å².